The topological polar surface area (TPSA) is 33.6 Å². The molecule has 120 valence electrons. The Bertz CT molecular complexity index is 673. The maximum atomic E-state index is 5.89. The molecule has 1 aliphatic heterocycles. The van der Waals surface area contributed by atoms with Gasteiger partial charge in [0, 0.05) is 17.3 Å². The molecule has 3 rings (SSSR count). The minimum atomic E-state index is 0.552. The quantitative estimate of drug-likeness (QED) is 0.852. The van der Waals surface area contributed by atoms with Crippen molar-refractivity contribution in [3.8, 4) is 5.75 Å². The fourth-order valence-electron chi connectivity index (χ4n) is 2.28. The molecular weight excluding hydrogens is 328 g/mol. The molecule has 2 aromatic rings. The summed E-state index contributed by atoms with van der Waals surface area (Å²) in [6.45, 7) is 2.42. The van der Waals surface area contributed by atoms with Gasteiger partial charge < -0.3 is 10.1 Å². The molecule has 2 aromatic carbocycles. The lowest BCUT2D eigenvalue weighted by Crippen LogP contribution is -2.15. The summed E-state index contributed by atoms with van der Waals surface area (Å²) in [5, 5.41) is 5.09. The Balaban J connectivity index is 1.49. The van der Waals surface area contributed by atoms with Crippen molar-refractivity contribution in [2.24, 2.45) is 4.99 Å². The van der Waals surface area contributed by atoms with E-state index in [1.165, 1.54) is 5.56 Å². The van der Waals surface area contributed by atoms with Crippen LogP contribution in [0, 0.1) is 0 Å². The van der Waals surface area contributed by atoms with Gasteiger partial charge in [0.15, 0.2) is 5.17 Å². The van der Waals surface area contributed by atoms with Gasteiger partial charge in [0.1, 0.15) is 12.4 Å². The fourth-order valence-corrected chi connectivity index (χ4v) is 3.32. The van der Waals surface area contributed by atoms with E-state index in [0.29, 0.717) is 6.61 Å². The highest BCUT2D eigenvalue weighted by atomic mass is 35.5. The number of aliphatic imine (C=N–C) groups is 1. The molecule has 0 amide bonds. The molecule has 3 nitrogen and oxygen atoms in total. The molecule has 0 fully saturated rings. The van der Waals surface area contributed by atoms with Crippen LogP contribution in [0.4, 0.5) is 0 Å². The van der Waals surface area contributed by atoms with Crippen LogP contribution in [0.15, 0.2) is 53.5 Å². The molecule has 1 heterocycles. The molecule has 5 heteroatoms. The van der Waals surface area contributed by atoms with Gasteiger partial charge >= 0.3 is 0 Å². The van der Waals surface area contributed by atoms with E-state index in [1.807, 2.05) is 36.4 Å². The van der Waals surface area contributed by atoms with Crippen molar-refractivity contribution in [1.82, 2.24) is 5.32 Å². The van der Waals surface area contributed by atoms with Gasteiger partial charge in [-0.25, -0.2) is 0 Å². The molecule has 23 heavy (non-hydrogen) atoms. The van der Waals surface area contributed by atoms with Gasteiger partial charge in [0.25, 0.3) is 0 Å². The van der Waals surface area contributed by atoms with Crippen molar-refractivity contribution in [3.05, 3.63) is 64.7 Å². The van der Waals surface area contributed by atoms with Gasteiger partial charge in [-0.05, 0) is 41.8 Å². The average molecular weight is 347 g/mol. The SMILES string of the molecule is Clc1ccc(COc2cccc(CCSC3=NCCN3)c2)cc1. The van der Waals surface area contributed by atoms with E-state index >= 15 is 0 Å². The molecule has 0 spiro atoms. The summed E-state index contributed by atoms with van der Waals surface area (Å²) in [6.07, 6.45) is 1.00. The van der Waals surface area contributed by atoms with Crippen molar-refractivity contribution in [2.45, 2.75) is 13.0 Å². The van der Waals surface area contributed by atoms with Crippen LogP contribution >= 0.6 is 23.4 Å². The third-order valence-corrected chi connectivity index (χ3v) is 4.70. The summed E-state index contributed by atoms with van der Waals surface area (Å²) < 4.78 is 5.87. The van der Waals surface area contributed by atoms with Crippen LogP contribution in [0.3, 0.4) is 0 Å². The van der Waals surface area contributed by atoms with E-state index in [-0.39, 0.29) is 0 Å². The van der Waals surface area contributed by atoms with Crippen LogP contribution in [0.5, 0.6) is 5.75 Å². The van der Waals surface area contributed by atoms with Gasteiger partial charge in [0.05, 0.1) is 6.54 Å². The third kappa shape index (κ3) is 5.19. The van der Waals surface area contributed by atoms with Crippen molar-refractivity contribution in [2.75, 3.05) is 18.8 Å². The summed E-state index contributed by atoms with van der Waals surface area (Å²) in [5.41, 5.74) is 2.39. The van der Waals surface area contributed by atoms with Crippen LogP contribution in [0.2, 0.25) is 5.02 Å². The first kappa shape index (κ1) is 16.2. The highest BCUT2D eigenvalue weighted by Gasteiger charge is 2.05. The highest BCUT2D eigenvalue weighted by molar-refractivity contribution is 8.13. The number of rotatable bonds is 6. The first-order valence-corrected chi connectivity index (χ1v) is 9.03. The second-order valence-electron chi connectivity index (χ2n) is 5.27. The summed E-state index contributed by atoms with van der Waals surface area (Å²) in [6, 6.07) is 16.0. The van der Waals surface area contributed by atoms with Crippen LogP contribution in [0.25, 0.3) is 0 Å². The van der Waals surface area contributed by atoms with Crippen LogP contribution in [0.1, 0.15) is 11.1 Å². The molecule has 0 aliphatic carbocycles. The number of nitrogens with one attached hydrogen (secondary N) is 1. The predicted octanol–water partition coefficient (Wildman–Crippen LogP) is 4.15. The van der Waals surface area contributed by atoms with Crippen molar-refractivity contribution < 1.29 is 4.74 Å². The Hall–Kier alpha value is -1.65. The van der Waals surface area contributed by atoms with E-state index in [1.54, 1.807) is 11.8 Å². The van der Waals surface area contributed by atoms with Crippen LogP contribution < -0.4 is 10.1 Å². The summed E-state index contributed by atoms with van der Waals surface area (Å²) in [7, 11) is 0. The second-order valence-corrected chi connectivity index (χ2v) is 6.79. The normalized spacial score (nSPS) is 13.5. The van der Waals surface area contributed by atoms with E-state index in [0.717, 1.165) is 46.8 Å². The number of hydrogen-bond donors (Lipinski definition) is 1. The number of hydrogen-bond acceptors (Lipinski definition) is 4. The zero-order valence-electron chi connectivity index (χ0n) is 12.8. The lowest BCUT2D eigenvalue weighted by atomic mass is 10.1. The lowest BCUT2D eigenvalue weighted by Gasteiger charge is -2.08. The molecule has 0 aromatic heterocycles. The maximum absolute atomic E-state index is 5.89. The van der Waals surface area contributed by atoms with E-state index < -0.39 is 0 Å². The Morgan fingerprint density at radius 2 is 2.00 bits per heavy atom. The summed E-state index contributed by atoms with van der Waals surface area (Å²) in [5.74, 6) is 1.92. The average Bonchev–Trinajstić information content (AvgIpc) is 3.08. The number of thioether (sulfide) groups is 1. The Labute approximate surface area is 146 Å². The summed E-state index contributed by atoms with van der Waals surface area (Å²) >= 11 is 7.67. The molecular formula is C18H19ClN2OS. The van der Waals surface area contributed by atoms with Gasteiger partial charge in [-0.2, -0.15) is 0 Å². The maximum Gasteiger partial charge on any atom is 0.156 e. The molecule has 0 atom stereocenters. The Morgan fingerprint density at radius 1 is 1.13 bits per heavy atom. The van der Waals surface area contributed by atoms with E-state index in [2.05, 4.69) is 22.4 Å². The molecule has 0 saturated carbocycles. The number of halogens is 1. The molecule has 0 radical (unpaired) electrons. The Kier molecular flexibility index (Phi) is 5.83. The third-order valence-electron chi connectivity index (χ3n) is 3.49. The first-order chi connectivity index (χ1) is 11.3. The predicted molar refractivity (Wildman–Crippen MR) is 98.7 cm³/mol. The van der Waals surface area contributed by atoms with Crippen LogP contribution in [-0.4, -0.2) is 24.0 Å². The number of benzene rings is 2. The zero-order valence-corrected chi connectivity index (χ0v) is 14.4. The largest absolute Gasteiger partial charge is 0.489 e. The van der Waals surface area contributed by atoms with Gasteiger partial charge in [0.2, 0.25) is 0 Å². The molecule has 0 saturated heterocycles. The van der Waals surface area contributed by atoms with E-state index in [9.17, 15) is 0 Å². The van der Waals surface area contributed by atoms with Gasteiger partial charge in [-0.3, -0.25) is 4.99 Å². The van der Waals surface area contributed by atoms with E-state index in [4.69, 9.17) is 16.3 Å². The standard InChI is InChI=1S/C18H19ClN2OS/c19-16-6-4-15(5-7-16)13-22-17-3-1-2-14(12-17)8-11-23-18-20-9-10-21-18/h1-7,12H,8-11,13H2,(H,20,21). The number of aryl methyl sites for hydroxylation is 1. The first-order valence-electron chi connectivity index (χ1n) is 7.67. The number of nitrogens with zero attached hydrogens (tertiary/aromatic N) is 1. The summed E-state index contributed by atoms with van der Waals surface area (Å²) in [4.78, 5) is 4.39. The zero-order chi connectivity index (χ0) is 15.9. The number of amidine groups is 1. The van der Waals surface area contributed by atoms with Crippen molar-refractivity contribution >= 4 is 28.5 Å². The van der Waals surface area contributed by atoms with Gasteiger partial charge in [-0.1, -0.05) is 47.6 Å². The Morgan fingerprint density at radius 3 is 2.78 bits per heavy atom. The fraction of sp³-hybridized carbons (Fsp3) is 0.278. The van der Waals surface area contributed by atoms with Gasteiger partial charge in [-0.15, -0.1) is 0 Å². The minimum Gasteiger partial charge on any atom is -0.489 e. The second kappa shape index (κ2) is 8.27. The molecule has 0 unspecified atom stereocenters. The number of ether oxygens (including phenoxy) is 1. The molecule has 1 aliphatic rings. The molecule has 0 bridgehead atoms. The molecule has 1 N–H and O–H groups in total. The smallest absolute Gasteiger partial charge is 0.156 e. The van der Waals surface area contributed by atoms with Crippen molar-refractivity contribution in [1.29, 1.82) is 0 Å². The lowest BCUT2D eigenvalue weighted by molar-refractivity contribution is 0.306. The van der Waals surface area contributed by atoms with Crippen LogP contribution in [-0.2, 0) is 13.0 Å². The van der Waals surface area contributed by atoms with Crippen molar-refractivity contribution in [3.63, 3.8) is 0 Å². The monoisotopic (exact) mass is 346 g/mol. The highest BCUT2D eigenvalue weighted by Crippen LogP contribution is 2.18. The minimum absolute atomic E-state index is 0.552.